The van der Waals surface area contributed by atoms with E-state index in [1.807, 2.05) is 36.4 Å². The highest BCUT2D eigenvalue weighted by Gasteiger charge is 2.15. The Morgan fingerprint density at radius 3 is 2.33 bits per heavy atom. The van der Waals surface area contributed by atoms with E-state index >= 15 is 0 Å². The van der Waals surface area contributed by atoms with Gasteiger partial charge in [-0.3, -0.25) is 4.79 Å². The molecule has 0 spiro atoms. The number of hydrogen-bond donors (Lipinski definition) is 1. The molecule has 0 bridgehead atoms. The molecular weight excluding hydrogens is 326 g/mol. The van der Waals surface area contributed by atoms with E-state index in [9.17, 15) is 4.79 Å². The molecule has 0 aromatic heterocycles. The molecule has 3 heteroatoms. The van der Waals surface area contributed by atoms with Gasteiger partial charge in [-0.2, -0.15) is 0 Å². The van der Waals surface area contributed by atoms with Gasteiger partial charge < -0.3 is 5.32 Å². The predicted octanol–water partition coefficient (Wildman–Crippen LogP) is 4.93. The van der Waals surface area contributed by atoms with Gasteiger partial charge in [-0.05, 0) is 44.6 Å². The minimum atomic E-state index is -0.00888. The molecule has 0 unspecified atom stereocenters. The third-order valence-corrected chi connectivity index (χ3v) is 3.97. The average molecular weight is 346 g/mol. The number of carbonyl (C=O) groups excluding carboxylic acids is 1. The highest BCUT2D eigenvalue weighted by molar-refractivity contribution is 9.10. The summed E-state index contributed by atoms with van der Waals surface area (Å²) in [7, 11) is 0. The molecule has 2 aromatic rings. The van der Waals surface area contributed by atoms with Crippen molar-refractivity contribution in [2.45, 2.75) is 32.6 Å². The van der Waals surface area contributed by atoms with Crippen LogP contribution < -0.4 is 5.32 Å². The molecule has 0 fully saturated rings. The fraction of sp³-hybridized carbons (Fsp3) is 0.278. The molecule has 0 saturated carbocycles. The Labute approximate surface area is 134 Å². The largest absolute Gasteiger partial charge is 0.325 e. The summed E-state index contributed by atoms with van der Waals surface area (Å²) >= 11 is 3.54. The molecule has 0 heterocycles. The lowest BCUT2D eigenvalue weighted by Crippen LogP contribution is -2.16. The van der Waals surface area contributed by atoms with E-state index in [1.165, 1.54) is 5.56 Å². The first kappa shape index (κ1) is 15.8. The Balaban J connectivity index is 2.08. The minimum absolute atomic E-state index is 0.00888. The van der Waals surface area contributed by atoms with E-state index in [0.717, 1.165) is 15.7 Å². The molecule has 0 aliphatic rings. The smallest absolute Gasteiger partial charge is 0.228 e. The van der Waals surface area contributed by atoms with Crippen LogP contribution in [-0.2, 0) is 16.6 Å². The molecule has 21 heavy (non-hydrogen) atoms. The normalized spacial score (nSPS) is 11.2. The standard InChI is InChI=1S/C18H20BrNO/c1-18(2,3)14-9-10-16(15(19)12-14)20-17(21)11-13-7-5-4-6-8-13/h4-10,12H,11H2,1-3H3,(H,20,21). The zero-order chi connectivity index (χ0) is 15.5. The minimum Gasteiger partial charge on any atom is -0.325 e. The molecule has 1 amide bonds. The van der Waals surface area contributed by atoms with E-state index in [4.69, 9.17) is 0 Å². The first-order valence-electron chi connectivity index (χ1n) is 7.00. The van der Waals surface area contributed by atoms with Crippen LogP contribution in [0.2, 0.25) is 0 Å². The number of benzene rings is 2. The van der Waals surface area contributed by atoms with Gasteiger partial charge in [0, 0.05) is 4.47 Å². The predicted molar refractivity (Wildman–Crippen MR) is 91.6 cm³/mol. The zero-order valence-electron chi connectivity index (χ0n) is 12.6. The molecule has 1 N–H and O–H groups in total. The molecule has 0 aliphatic carbocycles. The topological polar surface area (TPSA) is 29.1 Å². The Bertz CT molecular complexity index is 629. The van der Waals surface area contributed by atoms with Crippen molar-refractivity contribution >= 4 is 27.5 Å². The maximum atomic E-state index is 12.1. The zero-order valence-corrected chi connectivity index (χ0v) is 14.2. The molecule has 110 valence electrons. The summed E-state index contributed by atoms with van der Waals surface area (Å²) in [5.41, 5.74) is 3.14. The first-order valence-corrected chi connectivity index (χ1v) is 7.79. The lowest BCUT2D eigenvalue weighted by Gasteiger charge is -2.20. The maximum absolute atomic E-state index is 12.1. The number of amides is 1. The molecule has 0 atom stereocenters. The van der Waals surface area contributed by atoms with Crippen molar-refractivity contribution in [3.8, 4) is 0 Å². The third kappa shape index (κ3) is 4.43. The number of nitrogens with one attached hydrogen (secondary N) is 1. The van der Waals surface area contributed by atoms with Gasteiger partial charge >= 0.3 is 0 Å². The second-order valence-corrected chi connectivity index (χ2v) is 7.01. The summed E-state index contributed by atoms with van der Waals surface area (Å²) < 4.78 is 0.913. The fourth-order valence-corrected chi connectivity index (χ4v) is 2.54. The lowest BCUT2D eigenvalue weighted by atomic mass is 9.87. The van der Waals surface area contributed by atoms with Crippen molar-refractivity contribution in [3.05, 3.63) is 64.1 Å². The quantitative estimate of drug-likeness (QED) is 0.839. The van der Waals surface area contributed by atoms with E-state index < -0.39 is 0 Å². The first-order chi connectivity index (χ1) is 9.86. The van der Waals surface area contributed by atoms with Crippen molar-refractivity contribution < 1.29 is 4.79 Å². The van der Waals surface area contributed by atoms with E-state index in [1.54, 1.807) is 0 Å². The second kappa shape index (κ2) is 6.44. The summed E-state index contributed by atoms with van der Waals surface area (Å²) in [6.07, 6.45) is 0.383. The second-order valence-electron chi connectivity index (χ2n) is 6.16. The number of anilines is 1. The summed E-state index contributed by atoms with van der Waals surface area (Å²) in [4.78, 5) is 12.1. The number of halogens is 1. The third-order valence-electron chi connectivity index (χ3n) is 3.32. The van der Waals surface area contributed by atoms with Crippen LogP contribution in [0.15, 0.2) is 53.0 Å². The van der Waals surface area contributed by atoms with Gasteiger partial charge in [0.15, 0.2) is 0 Å². The van der Waals surface area contributed by atoms with Gasteiger partial charge in [-0.25, -0.2) is 0 Å². The van der Waals surface area contributed by atoms with Crippen molar-refractivity contribution in [2.75, 3.05) is 5.32 Å². The van der Waals surface area contributed by atoms with Crippen LogP contribution in [0.4, 0.5) is 5.69 Å². The molecule has 2 nitrogen and oxygen atoms in total. The van der Waals surface area contributed by atoms with Crippen LogP contribution in [0, 0.1) is 0 Å². The van der Waals surface area contributed by atoms with Crippen LogP contribution in [0.5, 0.6) is 0 Å². The lowest BCUT2D eigenvalue weighted by molar-refractivity contribution is -0.115. The number of carbonyl (C=O) groups is 1. The van der Waals surface area contributed by atoms with Crippen molar-refractivity contribution in [2.24, 2.45) is 0 Å². The van der Waals surface area contributed by atoms with Gasteiger partial charge in [-0.15, -0.1) is 0 Å². The fourth-order valence-electron chi connectivity index (χ4n) is 2.06. The maximum Gasteiger partial charge on any atom is 0.228 e. The Kier molecular flexibility index (Phi) is 4.84. The van der Waals surface area contributed by atoms with Gasteiger partial charge in [-0.1, -0.05) is 57.2 Å². The molecule has 2 rings (SSSR count). The van der Waals surface area contributed by atoms with E-state index in [0.29, 0.717) is 6.42 Å². The van der Waals surface area contributed by atoms with Crippen molar-refractivity contribution in [1.29, 1.82) is 0 Å². The summed E-state index contributed by atoms with van der Waals surface area (Å²) in [5.74, 6) is -0.00888. The Morgan fingerprint density at radius 2 is 1.76 bits per heavy atom. The number of hydrogen-bond acceptors (Lipinski definition) is 1. The van der Waals surface area contributed by atoms with Gasteiger partial charge in [0.1, 0.15) is 0 Å². The molecule has 0 saturated heterocycles. The van der Waals surface area contributed by atoms with Crippen molar-refractivity contribution in [1.82, 2.24) is 0 Å². The molecular formula is C18H20BrNO. The summed E-state index contributed by atoms with van der Waals surface area (Å²) in [6.45, 7) is 6.51. The average Bonchev–Trinajstić information content (AvgIpc) is 2.41. The van der Waals surface area contributed by atoms with E-state index in [2.05, 4.69) is 54.2 Å². The van der Waals surface area contributed by atoms with Crippen LogP contribution in [0.25, 0.3) is 0 Å². The van der Waals surface area contributed by atoms with Crippen LogP contribution in [-0.4, -0.2) is 5.91 Å². The molecule has 0 aliphatic heterocycles. The van der Waals surface area contributed by atoms with Crippen LogP contribution in [0.1, 0.15) is 31.9 Å². The Morgan fingerprint density at radius 1 is 1.10 bits per heavy atom. The molecule has 0 radical (unpaired) electrons. The van der Waals surface area contributed by atoms with Gasteiger partial charge in [0.05, 0.1) is 12.1 Å². The van der Waals surface area contributed by atoms with E-state index in [-0.39, 0.29) is 11.3 Å². The van der Waals surface area contributed by atoms with Gasteiger partial charge in [0.2, 0.25) is 5.91 Å². The Hall–Kier alpha value is -1.61. The highest BCUT2D eigenvalue weighted by atomic mass is 79.9. The SMILES string of the molecule is CC(C)(C)c1ccc(NC(=O)Cc2ccccc2)c(Br)c1. The van der Waals surface area contributed by atoms with Crippen molar-refractivity contribution in [3.63, 3.8) is 0 Å². The summed E-state index contributed by atoms with van der Waals surface area (Å²) in [5, 5.41) is 2.95. The number of rotatable bonds is 3. The van der Waals surface area contributed by atoms with Crippen LogP contribution in [0.3, 0.4) is 0 Å². The monoisotopic (exact) mass is 345 g/mol. The summed E-state index contributed by atoms with van der Waals surface area (Å²) in [6, 6.07) is 15.8. The highest BCUT2D eigenvalue weighted by Crippen LogP contribution is 2.30. The van der Waals surface area contributed by atoms with Gasteiger partial charge in [0.25, 0.3) is 0 Å². The molecule has 2 aromatic carbocycles. The van der Waals surface area contributed by atoms with Crippen LogP contribution >= 0.6 is 15.9 Å².